The first-order valence-electron chi connectivity index (χ1n) is 10.1. The van der Waals surface area contributed by atoms with Crippen molar-refractivity contribution in [2.24, 2.45) is 0 Å². The average Bonchev–Trinajstić information content (AvgIpc) is 2.77. The molecular formula is C21H23ClN4O6S2. The molecule has 0 bridgehead atoms. The second-order valence-corrected chi connectivity index (χ2v) is 10.5. The summed E-state index contributed by atoms with van der Waals surface area (Å²) in [5.74, 6) is 0.648. The van der Waals surface area contributed by atoms with Crippen molar-refractivity contribution in [3.63, 3.8) is 0 Å². The number of aliphatic hydroxyl groups is 1. The van der Waals surface area contributed by atoms with Crippen molar-refractivity contribution < 1.29 is 27.0 Å². The Bertz CT molecular complexity index is 1330. The molecule has 3 aromatic rings. The van der Waals surface area contributed by atoms with Gasteiger partial charge in [-0.15, -0.1) is 4.83 Å². The van der Waals surface area contributed by atoms with Crippen LogP contribution in [0.1, 0.15) is 5.56 Å². The number of rotatable bonds is 8. The smallest absolute Gasteiger partial charge is 0.259 e. The van der Waals surface area contributed by atoms with E-state index in [1.807, 2.05) is 42.5 Å². The van der Waals surface area contributed by atoms with Crippen molar-refractivity contribution in [3.8, 4) is 5.75 Å². The molecule has 10 nitrogen and oxygen atoms in total. The van der Waals surface area contributed by atoms with Crippen LogP contribution in [-0.4, -0.2) is 58.7 Å². The highest BCUT2D eigenvalue weighted by molar-refractivity contribution is 7.89. The summed E-state index contributed by atoms with van der Waals surface area (Å²) in [6.45, 7) is 0.221. The lowest BCUT2D eigenvalue weighted by molar-refractivity contribution is -0.0668. The molecule has 0 aromatic heterocycles. The van der Waals surface area contributed by atoms with E-state index in [4.69, 9.17) is 20.9 Å². The zero-order valence-electron chi connectivity index (χ0n) is 18.0. The van der Waals surface area contributed by atoms with Crippen LogP contribution in [-0.2, 0) is 27.8 Å². The third-order valence-corrected chi connectivity index (χ3v) is 7.37. The SMILES string of the molecule is CN(CC(O)COc1cccc2ccccc12)N1Cc2cc(Cl)c(NS(=O)O)cc2S(=O)(=O)N1. The fourth-order valence-corrected chi connectivity index (χ4v) is 5.64. The van der Waals surface area contributed by atoms with E-state index in [2.05, 4.69) is 9.55 Å². The van der Waals surface area contributed by atoms with E-state index in [1.54, 1.807) is 7.05 Å². The Morgan fingerprint density at radius 2 is 2.00 bits per heavy atom. The number of benzene rings is 3. The average molecular weight is 527 g/mol. The molecule has 182 valence electrons. The van der Waals surface area contributed by atoms with Gasteiger partial charge in [-0.2, -0.15) is 5.12 Å². The first-order valence-corrected chi connectivity index (χ1v) is 13.1. The number of sulfonamides is 1. The molecule has 2 unspecified atom stereocenters. The minimum absolute atomic E-state index is 0.00861. The molecule has 0 aliphatic carbocycles. The van der Waals surface area contributed by atoms with Gasteiger partial charge < -0.3 is 9.84 Å². The predicted molar refractivity (Wildman–Crippen MR) is 130 cm³/mol. The van der Waals surface area contributed by atoms with Crippen LogP contribution < -0.4 is 14.3 Å². The fraction of sp³-hybridized carbons (Fsp3) is 0.238. The summed E-state index contributed by atoms with van der Waals surface area (Å²) in [7, 11) is -2.36. The van der Waals surface area contributed by atoms with Crippen molar-refractivity contribution in [1.29, 1.82) is 0 Å². The molecule has 1 aliphatic rings. The van der Waals surface area contributed by atoms with E-state index >= 15 is 0 Å². The number of fused-ring (bicyclic) bond motifs is 2. The normalized spacial score (nSPS) is 17.3. The number of nitrogens with one attached hydrogen (secondary N) is 2. The Hall–Kier alpha value is -2.29. The minimum atomic E-state index is -3.98. The highest BCUT2D eigenvalue weighted by atomic mass is 35.5. The second-order valence-electron chi connectivity index (χ2n) is 7.73. The van der Waals surface area contributed by atoms with Gasteiger partial charge in [0, 0.05) is 19.0 Å². The summed E-state index contributed by atoms with van der Waals surface area (Å²) < 4.78 is 53.6. The van der Waals surface area contributed by atoms with Gasteiger partial charge in [-0.3, -0.25) is 9.27 Å². The van der Waals surface area contributed by atoms with Crippen molar-refractivity contribution in [3.05, 3.63) is 65.2 Å². The van der Waals surface area contributed by atoms with Crippen molar-refractivity contribution >= 4 is 49.4 Å². The molecule has 0 radical (unpaired) electrons. The van der Waals surface area contributed by atoms with Crippen LogP contribution >= 0.6 is 11.6 Å². The first kappa shape index (κ1) is 24.8. The zero-order chi connectivity index (χ0) is 24.5. The van der Waals surface area contributed by atoms with Gasteiger partial charge in [0.05, 0.1) is 22.2 Å². The summed E-state index contributed by atoms with van der Waals surface area (Å²) in [5.41, 5.74) is 0.417. The maximum absolute atomic E-state index is 12.8. The molecule has 0 saturated carbocycles. The van der Waals surface area contributed by atoms with Crippen LogP contribution in [0.3, 0.4) is 0 Å². The van der Waals surface area contributed by atoms with E-state index in [0.29, 0.717) is 11.3 Å². The van der Waals surface area contributed by atoms with Crippen LogP contribution in [0, 0.1) is 0 Å². The molecule has 0 saturated heterocycles. The summed E-state index contributed by atoms with van der Waals surface area (Å²) >= 11 is 3.73. The van der Waals surface area contributed by atoms with E-state index in [1.165, 1.54) is 22.3 Å². The predicted octanol–water partition coefficient (Wildman–Crippen LogP) is 2.34. The highest BCUT2D eigenvalue weighted by Crippen LogP contribution is 2.32. The number of hydrogen-bond donors (Lipinski definition) is 4. The summed E-state index contributed by atoms with van der Waals surface area (Å²) in [4.78, 5) is 2.36. The molecular weight excluding hydrogens is 504 g/mol. The lowest BCUT2D eigenvalue weighted by Gasteiger charge is -2.36. The number of ether oxygens (including phenoxy) is 1. The van der Waals surface area contributed by atoms with Gasteiger partial charge in [-0.1, -0.05) is 48.0 Å². The second kappa shape index (κ2) is 10.1. The Morgan fingerprint density at radius 1 is 1.26 bits per heavy atom. The number of hydrazine groups is 2. The van der Waals surface area contributed by atoms with E-state index in [9.17, 15) is 17.7 Å². The molecule has 13 heteroatoms. The van der Waals surface area contributed by atoms with Gasteiger partial charge in [0.1, 0.15) is 18.5 Å². The summed E-state index contributed by atoms with van der Waals surface area (Å²) in [5, 5.41) is 15.4. The number of likely N-dealkylation sites (N-methyl/N-ethyl adjacent to an activating group) is 1. The minimum Gasteiger partial charge on any atom is -0.490 e. The Morgan fingerprint density at radius 3 is 2.76 bits per heavy atom. The third kappa shape index (κ3) is 5.50. The quantitative estimate of drug-likeness (QED) is 0.329. The summed E-state index contributed by atoms with van der Waals surface area (Å²) in [6, 6.07) is 16.1. The zero-order valence-corrected chi connectivity index (χ0v) is 20.4. The van der Waals surface area contributed by atoms with Crippen LogP contribution in [0.15, 0.2) is 59.5 Å². The Labute approximate surface area is 204 Å². The Balaban J connectivity index is 1.43. The van der Waals surface area contributed by atoms with Gasteiger partial charge in [0.15, 0.2) is 0 Å². The fourth-order valence-electron chi connectivity index (χ4n) is 3.68. The number of anilines is 1. The van der Waals surface area contributed by atoms with Gasteiger partial charge >= 0.3 is 0 Å². The Kier molecular flexibility index (Phi) is 7.40. The number of hydrogen-bond acceptors (Lipinski definition) is 7. The third-order valence-electron chi connectivity index (χ3n) is 5.25. The molecule has 0 amide bonds. The molecule has 34 heavy (non-hydrogen) atoms. The molecule has 1 aliphatic heterocycles. The van der Waals surface area contributed by atoms with Gasteiger partial charge in [-0.05, 0) is 29.1 Å². The molecule has 2 atom stereocenters. The number of aliphatic hydroxyl groups excluding tert-OH is 1. The maximum atomic E-state index is 12.8. The molecule has 1 heterocycles. The van der Waals surface area contributed by atoms with Crippen LogP contribution in [0.4, 0.5) is 5.69 Å². The monoisotopic (exact) mass is 526 g/mol. The van der Waals surface area contributed by atoms with Crippen molar-refractivity contribution in [2.45, 2.75) is 17.5 Å². The molecule has 4 N–H and O–H groups in total. The molecule has 4 rings (SSSR count). The van der Waals surface area contributed by atoms with E-state index in [0.717, 1.165) is 10.8 Å². The highest BCUT2D eigenvalue weighted by Gasteiger charge is 2.32. The molecule has 0 spiro atoms. The van der Waals surface area contributed by atoms with E-state index in [-0.39, 0.29) is 35.3 Å². The number of halogens is 1. The van der Waals surface area contributed by atoms with Gasteiger partial charge in [-0.25, -0.2) is 17.6 Å². The van der Waals surface area contributed by atoms with Gasteiger partial charge in [0.25, 0.3) is 21.3 Å². The van der Waals surface area contributed by atoms with Crippen LogP contribution in [0.25, 0.3) is 10.8 Å². The lowest BCUT2D eigenvalue weighted by Crippen LogP contribution is -2.55. The largest absolute Gasteiger partial charge is 0.490 e. The molecule has 0 fully saturated rings. The van der Waals surface area contributed by atoms with Crippen LogP contribution in [0.2, 0.25) is 5.02 Å². The topological polar surface area (TPSA) is 131 Å². The van der Waals surface area contributed by atoms with Crippen molar-refractivity contribution in [2.75, 3.05) is 24.9 Å². The first-order chi connectivity index (χ1) is 16.1. The lowest BCUT2D eigenvalue weighted by atomic mass is 10.1. The van der Waals surface area contributed by atoms with Crippen LogP contribution in [0.5, 0.6) is 5.75 Å². The summed E-state index contributed by atoms with van der Waals surface area (Å²) in [6.07, 6.45) is -0.912. The van der Waals surface area contributed by atoms with Crippen molar-refractivity contribution in [1.82, 2.24) is 15.0 Å². The molecule has 3 aromatic carbocycles. The van der Waals surface area contributed by atoms with E-state index < -0.39 is 27.4 Å². The van der Waals surface area contributed by atoms with Gasteiger partial charge in [0.2, 0.25) is 0 Å². The number of nitrogens with zero attached hydrogens (tertiary/aromatic N) is 2. The maximum Gasteiger partial charge on any atom is 0.259 e. The standard InChI is InChI=1S/C21H23ClN4O6S2/c1-25(12-16(27)13-32-20-8-4-6-14-5-2-3-7-17(14)20)26-11-15-9-18(22)19(23-33(28)29)10-21(15)34(30,31)24-26/h2-10,16,23-24,27H,11-13H2,1H3,(H,28,29).